The number of rotatable bonds is 3. The summed E-state index contributed by atoms with van der Waals surface area (Å²) in [5.41, 5.74) is 3.48. The van der Waals surface area contributed by atoms with E-state index in [0.29, 0.717) is 16.2 Å². The molecule has 6 rings (SSSR count). The topological polar surface area (TPSA) is 0 Å². The van der Waals surface area contributed by atoms with Gasteiger partial charge < -0.3 is 0 Å². The summed E-state index contributed by atoms with van der Waals surface area (Å²) in [6.07, 6.45) is 28.9. The highest BCUT2D eigenvalue weighted by molar-refractivity contribution is 5.24. The van der Waals surface area contributed by atoms with E-state index in [4.69, 9.17) is 0 Å². The molecule has 0 nitrogen and oxygen atoms in total. The van der Waals surface area contributed by atoms with Crippen molar-refractivity contribution >= 4 is 0 Å². The van der Waals surface area contributed by atoms with Crippen LogP contribution in [0.1, 0.15) is 125 Å². The number of hydrogen-bond acceptors (Lipinski definition) is 0. The first kappa shape index (κ1) is 23.9. The summed E-state index contributed by atoms with van der Waals surface area (Å²) in [4.78, 5) is 0. The Morgan fingerprint density at radius 1 is 0.912 bits per heavy atom. The highest BCUT2D eigenvalue weighted by Gasteiger charge is 2.58. The van der Waals surface area contributed by atoms with E-state index in [1.807, 2.05) is 5.57 Å². The zero-order valence-electron chi connectivity index (χ0n) is 23.3. The third-order valence-electron chi connectivity index (χ3n) is 13.2. The van der Waals surface area contributed by atoms with Crippen LogP contribution in [0, 0.1) is 63.6 Å². The SMILES string of the molecule is CC1CC2CC(C1)CC(C)(/C=C/C(C)C1CCC3C4CC=C5CCCCC5(C)C4CCC13C)C2. The average molecular weight is 463 g/mol. The van der Waals surface area contributed by atoms with Crippen molar-refractivity contribution < 1.29 is 0 Å². The lowest BCUT2D eigenvalue weighted by Crippen LogP contribution is -2.49. The Balaban J connectivity index is 1.17. The highest BCUT2D eigenvalue weighted by Crippen LogP contribution is 2.67. The van der Waals surface area contributed by atoms with Gasteiger partial charge in [-0.15, -0.1) is 0 Å². The van der Waals surface area contributed by atoms with Gasteiger partial charge in [0.2, 0.25) is 0 Å². The summed E-state index contributed by atoms with van der Waals surface area (Å²) in [5, 5.41) is 0. The lowest BCUT2D eigenvalue weighted by Gasteiger charge is -2.58. The van der Waals surface area contributed by atoms with E-state index in [1.54, 1.807) is 0 Å². The Hall–Kier alpha value is -0.520. The summed E-state index contributed by atoms with van der Waals surface area (Å²) < 4.78 is 0. The normalized spacial score (nSPS) is 53.6. The van der Waals surface area contributed by atoms with Crippen LogP contribution in [0.4, 0.5) is 0 Å². The van der Waals surface area contributed by atoms with Crippen LogP contribution < -0.4 is 0 Å². The molecular formula is C34H54. The molecule has 6 aliphatic carbocycles. The maximum absolute atomic E-state index is 2.75. The first-order valence-corrected chi connectivity index (χ1v) is 15.6. The van der Waals surface area contributed by atoms with Gasteiger partial charge in [0, 0.05) is 0 Å². The molecule has 2 bridgehead atoms. The summed E-state index contributed by atoms with van der Waals surface area (Å²) in [6, 6.07) is 0. The Kier molecular flexibility index (Phi) is 5.97. The molecule has 9 unspecified atom stereocenters. The van der Waals surface area contributed by atoms with Crippen LogP contribution in [0.15, 0.2) is 23.8 Å². The Labute approximate surface area is 211 Å². The minimum atomic E-state index is 0.471. The molecule has 0 radical (unpaired) electrons. The summed E-state index contributed by atoms with van der Waals surface area (Å²) in [7, 11) is 0. The van der Waals surface area contributed by atoms with Crippen molar-refractivity contribution in [1.82, 2.24) is 0 Å². The third kappa shape index (κ3) is 3.82. The molecule has 9 atom stereocenters. The van der Waals surface area contributed by atoms with Gasteiger partial charge in [0.25, 0.3) is 0 Å². The Morgan fingerprint density at radius 2 is 1.68 bits per heavy atom. The molecule has 34 heavy (non-hydrogen) atoms. The van der Waals surface area contributed by atoms with E-state index in [-0.39, 0.29) is 0 Å². The second-order valence-electron chi connectivity index (χ2n) is 15.5. The van der Waals surface area contributed by atoms with E-state index in [1.165, 1.54) is 89.9 Å². The van der Waals surface area contributed by atoms with Crippen LogP contribution >= 0.6 is 0 Å². The first-order chi connectivity index (χ1) is 16.2. The van der Waals surface area contributed by atoms with E-state index in [0.717, 1.165) is 47.3 Å². The summed E-state index contributed by atoms with van der Waals surface area (Å²) in [6.45, 7) is 13.1. The monoisotopic (exact) mass is 462 g/mol. The summed E-state index contributed by atoms with van der Waals surface area (Å²) >= 11 is 0. The molecule has 0 heteroatoms. The third-order valence-corrected chi connectivity index (χ3v) is 13.2. The van der Waals surface area contributed by atoms with Crippen LogP contribution in [0.3, 0.4) is 0 Å². The maximum Gasteiger partial charge on any atom is -0.00853 e. The molecule has 0 saturated heterocycles. The molecule has 5 saturated carbocycles. The maximum atomic E-state index is 2.75. The quantitative estimate of drug-likeness (QED) is 0.366. The first-order valence-electron chi connectivity index (χ1n) is 15.6. The van der Waals surface area contributed by atoms with Gasteiger partial charge in [-0.05, 0) is 147 Å². The van der Waals surface area contributed by atoms with Crippen LogP contribution in [0.2, 0.25) is 0 Å². The zero-order valence-corrected chi connectivity index (χ0v) is 23.3. The lowest BCUT2D eigenvalue weighted by atomic mass is 9.47. The van der Waals surface area contributed by atoms with Crippen LogP contribution in [-0.4, -0.2) is 0 Å². The fourth-order valence-electron chi connectivity index (χ4n) is 11.9. The van der Waals surface area contributed by atoms with Crippen molar-refractivity contribution in [3.8, 4) is 0 Å². The van der Waals surface area contributed by atoms with Crippen molar-refractivity contribution in [1.29, 1.82) is 0 Å². The number of fused-ring (bicyclic) bond motifs is 7. The number of hydrogen-bond donors (Lipinski definition) is 0. The summed E-state index contributed by atoms with van der Waals surface area (Å²) in [5.74, 6) is 7.58. The second kappa shape index (κ2) is 8.52. The van der Waals surface area contributed by atoms with Gasteiger partial charge in [-0.3, -0.25) is 0 Å². The molecule has 0 aliphatic heterocycles. The van der Waals surface area contributed by atoms with Gasteiger partial charge in [0.15, 0.2) is 0 Å². The highest BCUT2D eigenvalue weighted by atomic mass is 14.6. The smallest absolute Gasteiger partial charge is 0.00853 e. The average Bonchev–Trinajstić information content (AvgIpc) is 3.13. The molecule has 5 fully saturated rings. The molecule has 190 valence electrons. The van der Waals surface area contributed by atoms with Crippen LogP contribution in [-0.2, 0) is 0 Å². The predicted octanol–water partition coefficient (Wildman–Crippen LogP) is 10.0. The van der Waals surface area contributed by atoms with E-state index < -0.39 is 0 Å². The Bertz CT molecular complexity index is 813. The predicted molar refractivity (Wildman–Crippen MR) is 145 cm³/mol. The minimum Gasteiger partial charge on any atom is -0.0848 e. The molecule has 0 spiro atoms. The molecule has 0 N–H and O–H groups in total. The van der Waals surface area contributed by atoms with Gasteiger partial charge in [-0.2, -0.15) is 0 Å². The second-order valence-corrected chi connectivity index (χ2v) is 15.5. The van der Waals surface area contributed by atoms with Crippen molar-refractivity contribution in [2.45, 2.75) is 125 Å². The van der Waals surface area contributed by atoms with Gasteiger partial charge in [0.05, 0.1) is 0 Å². The van der Waals surface area contributed by atoms with Gasteiger partial charge in [-0.25, -0.2) is 0 Å². The van der Waals surface area contributed by atoms with Gasteiger partial charge in [-0.1, -0.05) is 64.8 Å². The molecule has 6 aliphatic rings. The lowest BCUT2D eigenvalue weighted by molar-refractivity contribution is -0.0463. The van der Waals surface area contributed by atoms with Crippen LogP contribution in [0.25, 0.3) is 0 Å². The van der Waals surface area contributed by atoms with Crippen molar-refractivity contribution in [2.75, 3.05) is 0 Å². The van der Waals surface area contributed by atoms with Crippen molar-refractivity contribution in [2.24, 2.45) is 63.6 Å². The van der Waals surface area contributed by atoms with E-state index in [9.17, 15) is 0 Å². The van der Waals surface area contributed by atoms with E-state index in [2.05, 4.69) is 52.8 Å². The molecule has 0 amide bonds. The Morgan fingerprint density at radius 3 is 2.44 bits per heavy atom. The molecule has 0 aromatic rings. The van der Waals surface area contributed by atoms with Crippen molar-refractivity contribution in [3.63, 3.8) is 0 Å². The minimum absolute atomic E-state index is 0.471. The molecule has 0 aromatic carbocycles. The van der Waals surface area contributed by atoms with Gasteiger partial charge >= 0.3 is 0 Å². The van der Waals surface area contributed by atoms with Gasteiger partial charge in [0.1, 0.15) is 0 Å². The number of allylic oxidation sites excluding steroid dienone is 4. The standard InChI is InChI=1S/C34H54/c1-23-18-25-20-26(19-23)22-32(3,21-25)16-13-24(2)29-11-12-30-28-10-9-27-8-6-7-15-33(27,4)31(28)14-17-34(29,30)5/h9,13,16,23-26,28-31H,6-8,10-12,14-15,17-22H2,1-5H3/b16-13+. The molecule has 0 aromatic heterocycles. The fraction of sp³-hybridized carbons (Fsp3) is 0.882. The van der Waals surface area contributed by atoms with E-state index >= 15 is 0 Å². The largest absolute Gasteiger partial charge is 0.0848 e. The zero-order chi connectivity index (χ0) is 23.7. The fourth-order valence-corrected chi connectivity index (χ4v) is 11.9. The molecular weight excluding hydrogens is 408 g/mol. The van der Waals surface area contributed by atoms with Crippen molar-refractivity contribution in [3.05, 3.63) is 23.8 Å². The van der Waals surface area contributed by atoms with Crippen LogP contribution in [0.5, 0.6) is 0 Å². The molecule has 0 heterocycles.